The molecule has 1 spiro atoms. The molecule has 0 aromatic heterocycles. The van der Waals surface area contributed by atoms with Gasteiger partial charge in [-0.15, -0.1) is 0 Å². The molecule has 3 nitrogen and oxygen atoms in total. The molecular formula is C17H25NO2. The Balaban J connectivity index is 1.71. The number of nitrogens with two attached hydrogens (primary N) is 1. The van der Waals surface area contributed by atoms with Gasteiger partial charge in [-0.2, -0.15) is 0 Å². The summed E-state index contributed by atoms with van der Waals surface area (Å²) in [5.74, 6) is 0.947. The third-order valence-electron chi connectivity index (χ3n) is 4.67. The average Bonchev–Trinajstić information content (AvgIpc) is 2.87. The summed E-state index contributed by atoms with van der Waals surface area (Å²) in [6, 6.07) is 8.14. The fourth-order valence-corrected chi connectivity index (χ4v) is 3.59. The van der Waals surface area contributed by atoms with Gasteiger partial charge in [-0.3, -0.25) is 0 Å². The highest BCUT2D eigenvalue weighted by Crippen LogP contribution is 2.41. The molecule has 1 saturated carbocycles. The lowest BCUT2D eigenvalue weighted by Gasteiger charge is -2.38. The maximum atomic E-state index is 6.27. The Bertz CT molecular complexity index is 452. The second kappa shape index (κ2) is 5.74. The molecule has 1 saturated heterocycles. The summed E-state index contributed by atoms with van der Waals surface area (Å²) in [7, 11) is 0. The van der Waals surface area contributed by atoms with Crippen molar-refractivity contribution in [3.05, 3.63) is 29.8 Å². The Labute approximate surface area is 121 Å². The molecule has 1 unspecified atom stereocenters. The standard InChI is InChI=1S/C17H25NO2/c1-13(18)15-6-2-3-7-16(15)20-14-8-11-19-17(12-14)9-4-5-10-17/h2-3,6-7,13-14H,4-5,8-12,18H2,1H3/t13-,14?/m0/s1. The van der Waals surface area contributed by atoms with Crippen LogP contribution in [0.2, 0.25) is 0 Å². The van der Waals surface area contributed by atoms with E-state index in [1.54, 1.807) is 0 Å². The zero-order valence-electron chi connectivity index (χ0n) is 12.3. The zero-order chi connectivity index (χ0) is 14.0. The lowest BCUT2D eigenvalue weighted by atomic mass is 9.90. The molecule has 1 aliphatic carbocycles. The Hall–Kier alpha value is -1.06. The third kappa shape index (κ3) is 2.84. The summed E-state index contributed by atoms with van der Waals surface area (Å²) in [6.07, 6.45) is 7.26. The highest BCUT2D eigenvalue weighted by atomic mass is 16.5. The van der Waals surface area contributed by atoms with Crippen molar-refractivity contribution in [3.8, 4) is 5.75 Å². The van der Waals surface area contributed by atoms with Gasteiger partial charge in [-0.25, -0.2) is 0 Å². The third-order valence-corrected chi connectivity index (χ3v) is 4.67. The van der Waals surface area contributed by atoms with E-state index in [0.29, 0.717) is 0 Å². The van der Waals surface area contributed by atoms with Crippen LogP contribution in [0.5, 0.6) is 5.75 Å². The highest BCUT2D eigenvalue weighted by Gasteiger charge is 2.40. The van der Waals surface area contributed by atoms with Gasteiger partial charge in [0.25, 0.3) is 0 Å². The fraction of sp³-hybridized carbons (Fsp3) is 0.647. The van der Waals surface area contributed by atoms with Crippen LogP contribution in [-0.4, -0.2) is 18.3 Å². The highest BCUT2D eigenvalue weighted by molar-refractivity contribution is 5.35. The normalized spacial score (nSPS) is 26.6. The van der Waals surface area contributed by atoms with Gasteiger partial charge in [-0.1, -0.05) is 31.0 Å². The summed E-state index contributed by atoms with van der Waals surface area (Å²) in [4.78, 5) is 0. The zero-order valence-corrected chi connectivity index (χ0v) is 12.3. The van der Waals surface area contributed by atoms with E-state index in [2.05, 4.69) is 6.07 Å². The van der Waals surface area contributed by atoms with Crippen LogP contribution in [0.4, 0.5) is 0 Å². The van der Waals surface area contributed by atoms with Crippen LogP contribution in [0.25, 0.3) is 0 Å². The summed E-state index contributed by atoms with van der Waals surface area (Å²) < 4.78 is 12.3. The van der Waals surface area contributed by atoms with Gasteiger partial charge in [0.1, 0.15) is 11.9 Å². The van der Waals surface area contributed by atoms with Gasteiger partial charge in [0.2, 0.25) is 0 Å². The first-order chi connectivity index (χ1) is 9.69. The number of ether oxygens (including phenoxy) is 2. The van der Waals surface area contributed by atoms with Crippen LogP contribution in [0, 0.1) is 0 Å². The lowest BCUT2D eigenvalue weighted by molar-refractivity contribution is -0.108. The number of rotatable bonds is 3. The number of hydrogen-bond acceptors (Lipinski definition) is 3. The molecule has 0 radical (unpaired) electrons. The van der Waals surface area contributed by atoms with Crippen LogP contribution in [-0.2, 0) is 4.74 Å². The van der Waals surface area contributed by atoms with Crippen LogP contribution < -0.4 is 10.5 Å². The predicted octanol–water partition coefficient (Wildman–Crippen LogP) is 3.58. The van der Waals surface area contributed by atoms with E-state index in [9.17, 15) is 0 Å². The van der Waals surface area contributed by atoms with Gasteiger partial charge >= 0.3 is 0 Å². The van der Waals surface area contributed by atoms with Crippen molar-refractivity contribution in [3.63, 3.8) is 0 Å². The SMILES string of the molecule is C[C@H](N)c1ccccc1OC1CCOC2(CCCC2)C1. The molecule has 3 heteroatoms. The molecular weight excluding hydrogens is 250 g/mol. The second-order valence-corrected chi connectivity index (χ2v) is 6.30. The van der Waals surface area contributed by atoms with Gasteiger partial charge in [-0.05, 0) is 25.8 Å². The largest absolute Gasteiger partial charge is 0.490 e. The van der Waals surface area contributed by atoms with E-state index in [-0.39, 0.29) is 17.7 Å². The first-order valence-corrected chi connectivity index (χ1v) is 7.84. The monoisotopic (exact) mass is 275 g/mol. The van der Waals surface area contributed by atoms with E-state index < -0.39 is 0 Å². The van der Waals surface area contributed by atoms with Gasteiger partial charge in [0.15, 0.2) is 0 Å². The fourth-order valence-electron chi connectivity index (χ4n) is 3.59. The molecule has 2 fully saturated rings. The molecule has 0 amide bonds. The topological polar surface area (TPSA) is 44.5 Å². The van der Waals surface area contributed by atoms with Crippen molar-refractivity contribution in [1.29, 1.82) is 0 Å². The smallest absolute Gasteiger partial charge is 0.124 e. The van der Waals surface area contributed by atoms with Crippen molar-refractivity contribution in [2.75, 3.05) is 6.61 Å². The van der Waals surface area contributed by atoms with Gasteiger partial charge in [0.05, 0.1) is 12.2 Å². The van der Waals surface area contributed by atoms with E-state index in [1.807, 2.05) is 25.1 Å². The minimum Gasteiger partial charge on any atom is -0.490 e. The van der Waals surface area contributed by atoms with Crippen molar-refractivity contribution in [2.24, 2.45) is 5.73 Å². The average molecular weight is 275 g/mol. The molecule has 2 atom stereocenters. The van der Waals surface area contributed by atoms with Crippen molar-refractivity contribution in [1.82, 2.24) is 0 Å². The number of hydrogen-bond donors (Lipinski definition) is 1. The van der Waals surface area contributed by atoms with Crippen molar-refractivity contribution < 1.29 is 9.47 Å². The molecule has 1 aromatic carbocycles. The van der Waals surface area contributed by atoms with E-state index >= 15 is 0 Å². The van der Waals surface area contributed by atoms with Crippen molar-refractivity contribution in [2.45, 2.75) is 63.2 Å². The van der Waals surface area contributed by atoms with E-state index in [1.165, 1.54) is 25.7 Å². The predicted molar refractivity (Wildman–Crippen MR) is 79.8 cm³/mol. The minimum absolute atomic E-state index is 0.00600. The summed E-state index contributed by atoms with van der Waals surface area (Å²) in [5, 5.41) is 0. The summed E-state index contributed by atoms with van der Waals surface area (Å²) >= 11 is 0. The second-order valence-electron chi connectivity index (χ2n) is 6.30. The number of para-hydroxylation sites is 1. The summed E-state index contributed by atoms with van der Waals surface area (Å²) in [6.45, 7) is 2.83. The Kier molecular flexibility index (Phi) is 3.99. The minimum atomic E-state index is 0.00600. The van der Waals surface area contributed by atoms with Gasteiger partial charge in [0, 0.05) is 24.4 Å². The maximum Gasteiger partial charge on any atom is 0.124 e. The lowest BCUT2D eigenvalue weighted by Crippen LogP contribution is -2.41. The molecule has 3 rings (SSSR count). The molecule has 20 heavy (non-hydrogen) atoms. The summed E-state index contributed by atoms with van der Waals surface area (Å²) in [5.41, 5.74) is 7.23. The van der Waals surface area contributed by atoms with Crippen molar-refractivity contribution >= 4 is 0 Å². The van der Waals surface area contributed by atoms with E-state index in [0.717, 1.165) is 30.8 Å². The first kappa shape index (κ1) is 13.9. The van der Waals surface area contributed by atoms with Crippen LogP contribution >= 0.6 is 0 Å². The molecule has 0 bridgehead atoms. The molecule has 110 valence electrons. The van der Waals surface area contributed by atoms with E-state index in [4.69, 9.17) is 15.2 Å². The molecule has 2 aliphatic rings. The number of benzene rings is 1. The molecule has 1 aromatic rings. The molecule has 1 heterocycles. The Morgan fingerprint density at radius 2 is 2.05 bits per heavy atom. The van der Waals surface area contributed by atoms with Crippen LogP contribution in [0.15, 0.2) is 24.3 Å². The first-order valence-electron chi connectivity index (χ1n) is 7.84. The Morgan fingerprint density at radius 1 is 1.30 bits per heavy atom. The maximum absolute atomic E-state index is 6.27. The van der Waals surface area contributed by atoms with Crippen LogP contribution in [0.1, 0.15) is 57.1 Å². The molecule has 1 aliphatic heterocycles. The van der Waals surface area contributed by atoms with Gasteiger partial charge < -0.3 is 15.2 Å². The quantitative estimate of drug-likeness (QED) is 0.917. The Morgan fingerprint density at radius 3 is 2.80 bits per heavy atom. The molecule has 2 N–H and O–H groups in total. The van der Waals surface area contributed by atoms with Crippen LogP contribution in [0.3, 0.4) is 0 Å².